The summed E-state index contributed by atoms with van der Waals surface area (Å²) in [5.41, 5.74) is -0.315. The normalized spacial score (nSPS) is 12.1. The van der Waals surface area contributed by atoms with Crippen molar-refractivity contribution in [2.45, 2.75) is 33.2 Å². The maximum Gasteiger partial charge on any atom is 0.255 e. The molecule has 1 heterocycles. The molecule has 7 heteroatoms. The summed E-state index contributed by atoms with van der Waals surface area (Å²) in [5.74, 6) is 0.520. The van der Waals surface area contributed by atoms with E-state index in [0.717, 1.165) is 0 Å². The Morgan fingerprint density at radius 3 is 2.56 bits per heavy atom. The van der Waals surface area contributed by atoms with Crippen LogP contribution in [0, 0.1) is 0 Å². The molecule has 0 aliphatic heterocycles. The maximum absolute atomic E-state index is 11.8. The Morgan fingerprint density at radius 1 is 1.44 bits per heavy atom. The average molecular weight is 293 g/mol. The van der Waals surface area contributed by atoms with Crippen LogP contribution < -0.4 is 5.56 Å². The number of sulfone groups is 1. The van der Waals surface area contributed by atoms with Crippen LogP contribution in [0.4, 0.5) is 0 Å². The van der Waals surface area contributed by atoms with Gasteiger partial charge in [0.2, 0.25) is 0 Å². The molecule has 0 atom stereocenters. The maximum atomic E-state index is 11.8. The summed E-state index contributed by atoms with van der Waals surface area (Å²) < 4.78 is 24.3. The molecule has 0 saturated heterocycles. The zero-order valence-corrected chi connectivity index (χ0v) is 12.3. The first-order valence-corrected chi connectivity index (χ1v) is 7.94. The minimum atomic E-state index is -3.11. The number of hydrogen-bond donors (Lipinski definition) is 0. The number of halogens is 1. The first kappa shape index (κ1) is 15.2. The number of rotatable bonds is 5. The van der Waals surface area contributed by atoms with Crippen molar-refractivity contribution in [3.05, 3.63) is 27.4 Å². The van der Waals surface area contributed by atoms with E-state index in [0.29, 0.717) is 5.82 Å². The average Bonchev–Trinajstić information content (AvgIpc) is 2.26. The highest BCUT2D eigenvalue weighted by molar-refractivity contribution is 7.91. The molecule has 1 aromatic heterocycles. The monoisotopic (exact) mass is 292 g/mol. The van der Waals surface area contributed by atoms with E-state index in [-0.39, 0.29) is 34.7 Å². The third-order valence-electron chi connectivity index (χ3n) is 2.59. The van der Waals surface area contributed by atoms with Crippen LogP contribution in [-0.4, -0.2) is 29.5 Å². The molecule has 102 valence electrons. The lowest BCUT2D eigenvalue weighted by Crippen LogP contribution is -2.28. The number of aromatic nitrogens is 2. The first-order chi connectivity index (χ1) is 8.26. The second-order valence-corrected chi connectivity index (χ2v) is 7.18. The predicted octanol–water partition coefficient (Wildman–Crippen LogP) is 1.45. The highest BCUT2D eigenvalue weighted by Gasteiger charge is 2.14. The number of hydrogen-bond acceptors (Lipinski definition) is 4. The Kier molecular flexibility index (Phi) is 4.92. The van der Waals surface area contributed by atoms with Gasteiger partial charge in [-0.15, -0.1) is 0 Å². The molecule has 0 fully saturated rings. The van der Waals surface area contributed by atoms with Gasteiger partial charge in [0, 0.05) is 24.3 Å². The molecule has 0 N–H and O–H groups in total. The molecular formula is C11H17ClN2O3S. The van der Waals surface area contributed by atoms with E-state index >= 15 is 0 Å². The quantitative estimate of drug-likeness (QED) is 0.770. The Bertz CT molecular complexity index is 578. The fourth-order valence-electron chi connectivity index (χ4n) is 1.53. The van der Waals surface area contributed by atoms with Crippen LogP contribution in [0.5, 0.6) is 0 Å². The van der Waals surface area contributed by atoms with Crippen LogP contribution in [0.25, 0.3) is 0 Å². The molecule has 1 aromatic rings. The second kappa shape index (κ2) is 5.84. The van der Waals surface area contributed by atoms with E-state index in [1.807, 2.05) is 13.8 Å². The van der Waals surface area contributed by atoms with Gasteiger partial charge in [-0.05, 0) is 0 Å². The summed E-state index contributed by atoms with van der Waals surface area (Å²) in [4.78, 5) is 15.9. The molecule has 0 spiro atoms. The molecule has 0 amide bonds. The standard InChI is InChI=1S/C11H17ClN2O3S/c1-4-18(16,17)6-5-14-10(15)7-9(12)13-11(14)8(2)3/h7-8H,4-6H2,1-3H3. The van der Waals surface area contributed by atoms with Gasteiger partial charge in [-0.3, -0.25) is 9.36 Å². The van der Waals surface area contributed by atoms with Crippen LogP contribution in [-0.2, 0) is 16.4 Å². The van der Waals surface area contributed by atoms with Crippen molar-refractivity contribution in [1.82, 2.24) is 9.55 Å². The van der Waals surface area contributed by atoms with E-state index in [9.17, 15) is 13.2 Å². The molecular weight excluding hydrogens is 276 g/mol. The summed E-state index contributed by atoms with van der Waals surface area (Å²) in [7, 11) is -3.11. The minimum absolute atomic E-state index is 0.000676. The highest BCUT2D eigenvalue weighted by Crippen LogP contribution is 2.12. The lowest BCUT2D eigenvalue weighted by molar-refractivity contribution is 0.573. The molecule has 0 radical (unpaired) electrons. The van der Waals surface area contributed by atoms with Crippen LogP contribution in [0.1, 0.15) is 32.5 Å². The van der Waals surface area contributed by atoms with E-state index < -0.39 is 9.84 Å². The lowest BCUT2D eigenvalue weighted by Gasteiger charge is -2.14. The van der Waals surface area contributed by atoms with Gasteiger partial charge in [0.15, 0.2) is 9.84 Å². The highest BCUT2D eigenvalue weighted by atomic mass is 35.5. The molecule has 0 aliphatic carbocycles. The van der Waals surface area contributed by atoms with Crippen LogP contribution >= 0.6 is 11.6 Å². The van der Waals surface area contributed by atoms with Crippen molar-refractivity contribution in [1.29, 1.82) is 0 Å². The number of nitrogens with zero attached hydrogens (tertiary/aromatic N) is 2. The summed E-state index contributed by atoms with van der Waals surface area (Å²) in [5, 5.41) is 0.137. The van der Waals surface area contributed by atoms with Crippen molar-refractivity contribution in [2.24, 2.45) is 0 Å². The van der Waals surface area contributed by atoms with Gasteiger partial charge in [-0.1, -0.05) is 32.4 Å². The van der Waals surface area contributed by atoms with Crippen LogP contribution in [0.2, 0.25) is 5.15 Å². The van der Waals surface area contributed by atoms with Gasteiger partial charge >= 0.3 is 0 Å². The molecule has 5 nitrogen and oxygen atoms in total. The van der Waals surface area contributed by atoms with Gasteiger partial charge in [-0.2, -0.15) is 0 Å². The summed E-state index contributed by atoms with van der Waals surface area (Å²) >= 11 is 5.74. The Labute approximate surface area is 112 Å². The van der Waals surface area contributed by atoms with Crippen molar-refractivity contribution < 1.29 is 8.42 Å². The Morgan fingerprint density at radius 2 is 2.06 bits per heavy atom. The minimum Gasteiger partial charge on any atom is -0.295 e. The van der Waals surface area contributed by atoms with E-state index in [1.165, 1.54) is 10.6 Å². The zero-order chi connectivity index (χ0) is 13.9. The molecule has 0 saturated carbocycles. The third-order valence-corrected chi connectivity index (χ3v) is 4.47. The third kappa shape index (κ3) is 3.81. The van der Waals surface area contributed by atoms with Gasteiger partial charge in [0.05, 0.1) is 5.75 Å². The van der Waals surface area contributed by atoms with E-state index in [1.54, 1.807) is 6.92 Å². The largest absolute Gasteiger partial charge is 0.295 e. The van der Waals surface area contributed by atoms with E-state index in [4.69, 9.17) is 11.6 Å². The first-order valence-electron chi connectivity index (χ1n) is 5.74. The summed E-state index contributed by atoms with van der Waals surface area (Å²) in [6.07, 6.45) is 0. The molecule has 0 unspecified atom stereocenters. The van der Waals surface area contributed by atoms with Crippen molar-refractivity contribution >= 4 is 21.4 Å². The predicted molar refractivity (Wildman–Crippen MR) is 71.9 cm³/mol. The van der Waals surface area contributed by atoms with Gasteiger partial charge in [0.25, 0.3) is 5.56 Å². The second-order valence-electron chi connectivity index (χ2n) is 4.32. The Balaban J connectivity index is 3.12. The van der Waals surface area contributed by atoms with Gasteiger partial charge < -0.3 is 0 Å². The fraction of sp³-hybridized carbons (Fsp3) is 0.636. The van der Waals surface area contributed by atoms with Crippen molar-refractivity contribution in [3.8, 4) is 0 Å². The van der Waals surface area contributed by atoms with Crippen LogP contribution in [0.3, 0.4) is 0 Å². The van der Waals surface area contributed by atoms with Crippen LogP contribution in [0.15, 0.2) is 10.9 Å². The topological polar surface area (TPSA) is 69.0 Å². The fourth-order valence-corrected chi connectivity index (χ4v) is 2.46. The lowest BCUT2D eigenvalue weighted by atomic mass is 10.2. The van der Waals surface area contributed by atoms with E-state index in [2.05, 4.69) is 4.98 Å². The van der Waals surface area contributed by atoms with Gasteiger partial charge in [0.1, 0.15) is 11.0 Å². The summed E-state index contributed by atoms with van der Waals surface area (Å²) in [6.45, 7) is 5.46. The molecule has 18 heavy (non-hydrogen) atoms. The summed E-state index contributed by atoms with van der Waals surface area (Å²) in [6, 6.07) is 1.20. The SMILES string of the molecule is CCS(=O)(=O)CCn1c(C(C)C)nc(Cl)cc1=O. The van der Waals surface area contributed by atoms with Crippen molar-refractivity contribution in [3.63, 3.8) is 0 Å². The molecule has 1 rings (SSSR count). The molecule has 0 aromatic carbocycles. The van der Waals surface area contributed by atoms with Crippen molar-refractivity contribution in [2.75, 3.05) is 11.5 Å². The molecule has 0 aliphatic rings. The zero-order valence-electron chi connectivity index (χ0n) is 10.7. The molecule has 0 bridgehead atoms. The van der Waals surface area contributed by atoms with Gasteiger partial charge in [-0.25, -0.2) is 13.4 Å². The smallest absolute Gasteiger partial charge is 0.255 e. The Hall–Kier alpha value is -0.880.